The summed E-state index contributed by atoms with van der Waals surface area (Å²) in [6, 6.07) is 0. The topological polar surface area (TPSA) is 50.9 Å². The van der Waals surface area contributed by atoms with Crippen LogP contribution in [0.3, 0.4) is 0 Å². The van der Waals surface area contributed by atoms with Crippen molar-refractivity contribution >= 4 is 11.3 Å². The van der Waals surface area contributed by atoms with Gasteiger partial charge < -0.3 is 11.1 Å². The summed E-state index contributed by atoms with van der Waals surface area (Å²) in [4.78, 5) is 4.20. The lowest BCUT2D eigenvalue weighted by Crippen LogP contribution is -2.17. The molecule has 80 valence electrons. The third-order valence-corrected chi connectivity index (χ3v) is 2.99. The monoisotopic (exact) mass is 213 g/mol. The Morgan fingerprint density at radius 2 is 2.50 bits per heavy atom. The van der Waals surface area contributed by atoms with Crippen molar-refractivity contribution in [2.75, 3.05) is 13.1 Å². The number of aromatic nitrogens is 1. The standard InChI is InChI=1S/C10H19N3S/c1-9(7-11)3-2-4-12-8-10-13-5-6-14-10/h5-6,9,12H,2-4,7-8,11H2,1H3. The summed E-state index contributed by atoms with van der Waals surface area (Å²) in [6.45, 7) is 4.95. The molecule has 0 spiro atoms. The Morgan fingerprint density at radius 1 is 1.64 bits per heavy atom. The van der Waals surface area contributed by atoms with Crippen molar-refractivity contribution in [2.24, 2.45) is 11.7 Å². The van der Waals surface area contributed by atoms with Crippen LogP contribution in [0.4, 0.5) is 0 Å². The zero-order chi connectivity index (χ0) is 10.2. The SMILES string of the molecule is CC(CN)CCCNCc1nccs1. The molecule has 0 aliphatic rings. The van der Waals surface area contributed by atoms with Crippen molar-refractivity contribution in [1.29, 1.82) is 0 Å². The summed E-state index contributed by atoms with van der Waals surface area (Å²) in [7, 11) is 0. The molecule has 1 unspecified atom stereocenters. The second-order valence-electron chi connectivity index (χ2n) is 3.59. The first-order valence-corrected chi connectivity index (χ1v) is 6.00. The number of nitrogens with zero attached hydrogens (tertiary/aromatic N) is 1. The molecule has 0 saturated carbocycles. The lowest BCUT2D eigenvalue weighted by Gasteiger charge is -2.07. The van der Waals surface area contributed by atoms with Crippen LogP contribution in [0, 0.1) is 5.92 Å². The molecule has 0 bridgehead atoms. The number of nitrogens with one attached hydrogen (secondary N) is 1. The molecule has 0 amide bonds. The fourth-order valence-electron chi connectivity index (χ4n) is 1.23. The van der Waals surface area contributed by atoms with Crippen LogP contribution >= 0.6 is 11.3 Å². The Labute approximate surface area is 89.7 Å². The largest absolute Gasteiger partial charge is 0.330 e. The molecular formula is C10H19N3S. The van der Waals surface area contributed by atoms with E-state index < -0.39 is 0 Å². The maximum absolute atomic E-state index is 5.54. The zero-order valence-electron chi connectivity index (χ0n) is 8.70. The summed E-state index contributed by atoms with van der Waals surface area (Å²) in [6.07, 6.45) is 4.25. The van der Waals surface area contributed by atoms with Crippen LogP contribution in [0.2, 0.25) is 0 Å². The van der Waals surface area contributed by atoms with E-state index in [2.05, 4.69) is 17.2 Å². The Bertz CT molecular complexity index is 223. The fraction of sp³-hybridized carbons (Fsp3) is 0.700. The molecule has 1 atom stereocenters. The van der Waals surface area contributed by atoms with Crippen molar-refractivity contribution in [3.8, 4) is 0 Å². The molecule has 1 heterocycles. The summed E-state index contributed by atoms with van der Waals surface area (Å²) >= 11 is 1.70. The molecule has 3 N–H and O–H groups in total. The van der Waals surface area contributed by atoms with Gasteiger partial charge in [-0.05, 0) is 31.8 Å². The van der Waals surface area contributed by atoms with E-state index in [1.807, 2.05) is 11.6 Å². The molecule has 1 aromatic rings. The average Bonchev–Trinajstić information content (AvgIpc) is 2.69. The molecule has 0 aliphatic heterocycles. The van der Waals surface area contributed by atoms with Crippen LogP contribution in [0.15, 0.2) is 11.6 Å². The first kappa shape index (κ1) is 11.6. The first-order chi connectivity index (χ1) is 6.83. The van der Waals surface area contributed by atoms with E-state index >= 15 is 0 Å². The van der Waals surface area contributed by atoms with E-state index in [0.29, 0.717) is 5.92 Å². The van der Waals surface area contributed by atoms with E-state index in [9.17, 15) is 0 Å². The number of hydrogen-bond acceptors (Lipinski definition) is 4. The van der Waals surface area contributed by atoms with Gasteiger partial charge in [-0.3, -0.25) is 0 Å². The maximum atomic E-state index is 5.54. The average molecular weight is 213 g/mol. The van der Waals surface area contributed by atoms with Crippen molar-refractivity contribution in [1.82, 2.24) is 10.3 Å². The highest BCUT2D eigenvalue weighted by atomic mass is 32.1. The van der Waals surface area contributed by atoms with Crippen LogP contribution in [0.25, 0.3) is 0 Å². The number of rotatable bonds is 7. The molecule has 0 fully saturated rings. The highest BCUT2D eigenvalue weighted by molar-refractivity contribution is 7.09. The quantitative estimate of drug-likeness (QED) is 0.677. The summed E-state index contributed by atoms with van der Waals surface area (Å²) in [5, 5.41) is 6.55. The Balaban J connectivity index is 1.95. The normalized spacial score (nSPS) is 13.0. The molecule has 0 radical (unpaired) electrons. The smallest absolute Gasteiger partial charge is 0.106 e. The molecule has 14 heavy (non-hydrogen) atoms. The van der Waals surface area contributed by atoms with Crippen molar-refractivity contribution in [2.45, 2.75) is 26.3 Å². The number of thiazole rings is 1. The summed E-state index contributed by atoms with van der Waals surface area (Å²) in [5.41, 5.74) is 5.54. The molecule has 1 aromatic heterocycles. The van der Waals surface area contributed by atoms with E-state index in [4.69, 9.17) is 5.73 Å². The van der Waals surface area contributed by atoms with Crippen molar-refractivity contribution in [3.63, 3.8) is 0 Å². The second kappa shape index (κ2) is 6.92. The van der Waals surface area contributed by atoms with Gasteiger partial charge in [-0.25, -0.2) is 4.98 Å². The van der Waals surface area contributed by atoms with Gasteiger partial charge in [0.1, 0.15) is 5.01 Å². The van der Waals surface area contributed by atoms with Crippen LogP contribution in [-0.4, -0.2) is 18.1 Å². The van der Waals surface area contributed by atoms with Gasteiger partial charge >= 0.3 is 0 Å². The number of nitrogens with two attached hydrogens (primary N) is 1. The van der Waals surface area contributed by atoms with E-state index in [1.54, 1.807) is 11.3 Å². The predicted octanol–water partition coefficient (Wildman–Crippen LogP) is 1.61. The minimum atomic E-state index is 0.650. The van der Waals surface area contributed by atoms with Gasteiger partial charge in [0, 0.05) is 18.1 Å². The maximum Gasteiger partial charge on any atom is 0.106 e. The third kappa shape index (κ3) is 4.69. The number of hydrogen-bond donors (Lipinski definition) is 2. The highest BCUT2D eigenvalue weighted by Gasteiger charge is 1.98. The van der Waals surface area contributed by atoms with E-state index in [1.165, 1.54) is 12.8 Å². The molecule has 3 nitrogen and oxygen atoms in total. The fourth-order valence-corrected chi connectivity index (χ4v) is 1.81. The van der Waals surface area contributed by atoms with Crippen molar-refractivity contribution in [3.05, 3.63) is 16.6 Å². The first-order valence-electron chi connectivity index (χ1n) is 5.12. The van der Waals surface area contributed by atoms with Crippen molar-refractivity contribution < 1.29 is 0 Å². The Kier molecular flexibility index (Phi) is 5.75. The molecule has 4 heteroatoms. The lowest BCUT2D eigenvalue weighted by atomic mass is 10.1. The highest BCUT2D eigenvalue weighted by Crippen LogP contribution is 2.04. The lowest BCUT2D eigenvalue weighted by molar-refractivity contribution is 0.501. The summed E-state index contributed by atoms with van der Waals surface area (Å²) in [5.74, 6) is 0.650. The molecule has 0 aliphatic carbocycles. The van der Waals surface area contributed by atoms with Crippen LogP contribution in [-0.2, 0) is 6.54 Å². The molecule has 0 saturated heterocycles. The minimum absolute atomic E-state index is 0.650. The van der Waals surface area contributed by atoms with Gasteiger partial charge in [0.15, 0.2) is 0 Å². The minimum Gasteiger partial charge on any atom is -0.330 e. The van der Waals surface area contributed by atoms with Crippen LogP contribution in [0.5, 0.6) is 0 Å². The predicted molar refractivity (Wildman–Crippen MR) is 61.3 cm³/mol. The van der Waals surface area contributed by atoms with Crippen LogP contribution in [0.1, 0.15) is 24.8 Å². The van der Waals surface area contributed by atoms with Crippen LogP contribution < -0.4 is 11.1 Å². The second-order valence-corrected chi connectivity index (χ2v) is 4.56. The molecule has 1 rings (SSSR count). The Morgan fingerprint density at radius 3 is 3.14 bits per heavy atom. The van der Waals surface area contributed by atoms with E-state index in [-0.39, 0.29) is 0 Å². The van der Waals surface area contributed by atoms with Gasteiger partial charge in [0.25, 0.3) is 0 Å². The molecular weight excluding hydrogens is 194 g/mol. The van der Waals surface area contributed by atoms with Gasteiger partial charge in [-0.1, -0.05) is 6.92 Å². The van der Waals surface area contributed by atoms with Gasteiger partial charge in [-0.15, -0.1) is 11.3 Å². The van der Waals surface area contributed by atoms with Gasteiger partial charge in [-0.2, -0.15) is 0 Å². The van der Waals surface area contributed by atoms with Gasteiger partial charge in [0.05, 0.1) is 0 Å². The third-order valence-electron chi connectivity index (χ3n) is 2.21. The summed E-state index contributed by atoms with van der Waals surface area (Å²) < 4.78 is 0. The zero-order valence-corrected chi connectivity index (χ0v) is 9.52. The molecule has 0 aromatic carbocycles. The van der Waals surface area contributed by atoms with Gasteiger partial charge in [0.2, 0.25) is 0 Å². The van der Waals surface area contributed by atoms with E-state index in [0.717, 1.165) is 24.6 Å². The Hall–Kier alpha value is -0.450.